The van der Waals surface area contributed by atoms with Gasteiger partial charge >= 0.3 is 0 Å². The number of hydrogen-bond acceptors (Lipinski definition) is 6. The van der Waals surface area contributed by atoms with Crippen LogP contribution in [0.15, 0.2) is 23.0 Å². The molecule has 2 rings (SSSR count). The minimum absolute atomic E-state index is 0.165. The van der Waals surface area contributed by atoms with Gasteiger partial charge < -0.3 is 15.6 Å². The van der Waals surface area contributed by atoms with Gasteiger partial charge in [0, 0.05) is 18.0 Å². The first-order chi connectivity index (χ1) is 9.69. The van der Waals surface area contributed by atoms with E-state index in [9.17, 15) is 4.79 Å². The lowest BCUT2D eigenvalue weighted by atomic mass is 10.2. The number of rotatable bonds is 3. The zero-order valence-corrected chi connectivity index (χ0v) is 10.9. The Bertz CT molecular complexity index is 669. The topological polar surface area (TPSA) is 107 Å². The fraction of sp³-hybridized carbons (Fsp3) is 0.231. The summed E-state index contributed by atoms with van der Waals surface area (Å²) in [4.78, 5) is 19.9. The highest BCUT2D eigenvalue weighted by Gasteiger charge is 2.09. The molecular formula is C13H13N5O2. The molecule has 2 aromatic heterocycles. The first kappa shape index (κ1) is 13.7. The normalized spacial score (nSPS) is 9.70. The van der Waals surface area contributed by atoms with Gasteiger partial charge in [0.15, 0.2) is 5.82 Å². The molecule has 0 spiro atoms. The fourth-order valence-corrected chi connectivity index (χ4v) is 1.46. The van der Waals surface area contributed by atoms with Gasteiger partial charge in [-0.25, -0.2) is 0 Å². The molecule has 0 atom stereocenters. The fourth-order valence-electron chi connectivity index (χ4n) is 1.46. The second-order valence-corrected chi connectivity index (χ2v) is 3.89. The molecule has 0 saturated heterocycles. The largest absolute Gasteiger partial charge is 0.343 e. The zero-order valence-electron chi connectivity index (χ0n) is 10.9. The molecule has 3 N–H and O–H groups in total. The molecule has 1 amide bonds. The van der Waals surface area contributed by atoms with Gasteiger partial charge in [0.2, 0.25) is 5.89 Å². The van der Waals surface area contributed by atoms with Crippen LogP contribution in [0.2, 0.25) is 0 Å². The maximum absolute atomic E-state index is 11.9. The van der Waals surface area contributed by atoms with E-state index in [-0.39, 0.29) is 19.0 Å². The van der Waals surface area contributed by atoms with Gasteiger partial charge in [0.05, 0.1) is 18.7 Å². The molecule has 2 aromatic rings. The molecule has 0 aromatic carbocycles. The number of carbonyl (C=O) groups excluding carboxylic acids is 1. The van der Waals surface area contributed by atoms with Crippen molar-refractivity contribution in [3.63, 3.8) is 0 Å². The van der Waals surface area contributed by atoms with Gasteiger partial charge in [-0.1, -0.05) is 17.0 Å². The second-order valence-electron chi connectivity index (χ2n) is 3.89. The summed E-state index contributed by atoms with van der Waals surface area (Å²) in [5.41, 5.74) is 6.34. The smallest absolute Gasteiger partial charge is 0.253 e. The van der Waals surface area contributed by atoms with Crippen LogP contribution in [0.3, 0.4) is 0 Å². The molecule has 0 bridgehead atoms. The highest BCUT2D eigenvalue weighted by Crippen LogP contribution is 2.02. The van der Waals surface area contributed by atoms with Crippen molar-refractivity contribution < 1.29 is 9.32 Å². The second kappa shape index (κ2) is 6.45. The van der Waals surface area contributed by atoms with Gasteiger partial charge in [0.25, 0.3) is 5.91 Å². The van der Waals surface area contributed by atoms with Crippen LogP contribution in [0, 0.1) is 18.8 Å². The van der Waals surface area contributed by atoms with Crippen molar-refractivity contribution >= 4 is 5.91 Å². The summed E-state index contributed by atoms with van der Waals surface area (Å²) in [6.07, 6.45) is 3.03. The van der Waals surface area contributed by atoms with Gasteiger partial charge in [0.1, 0.15) is 0 Å². The number of hydrogen-bond donors (Lipinski definition) is 2. The number of pyridine rings is 1. The maximum atomic E-state index is 11.9. The Morgan fingerprint density at radius 2 is 2.35 bits per heavy atom. The highest BCUT2D eigenvalue weighted by atomic mass is 16.5. The van der Waals surface area contributed by atoms with Crippen LogP contribution >= 0.6 is 0 Å². The summed E-state index contributed by atoms with van der Waals surface area (Å²) in [5, 5.41) is 6.30. The number of aryl methyl sites for hydroxylation is 1. The molecule has 102 valence electrons. The van der Waals surface area contributed by atoms with E-state index in [0.29, 0.717) is 22.8 Å². The van der Waals surface area contributed by atoms with E-state index in [4.69, 9.17) is 10.3 Å². The molecule has 7 heteroatoms. The SMILES string of the molecule is Cc1noc(CNC(=O)c2cncc(C#CCN)c2)n1. The predicted molar refractivity (Wildman–Crippen MR) is 70.4 cm³/mol. The summed E-state index contributed by atoms with van der Waals surface area (Å²) in [6, 6.07) is 1.64. The van der Waals surface area contributed by atoms with Gasteiger partial charge in [-0.3, -0.25) is 9.78 Å². The Kier molecular flexibility index (Phi) is 4.42. The van der Waals surface area contributed by atoms with Crippen molar-refractivity contribution in [3.05, 3.63) is 41.3 Å². The Balaban J connectivity index is 2.01. The highest BCUT2D eigenvalue weighted by molar-refractivity contribution is 5.94. The molecule has 0 saturated carbocycles. The van der Waals surface area contributed by atoms with E-state index < -0.39 is 0 Å². The summed E-state index contributed by atoms with van der Waals surface area (Å²) >= 11 is 0. The lowest BCUT2D eigenvalue weighted by Gasteiger charge is -2.02. The number of carbonyl (C=O) groups is 1. The number of nitrogens with two attached hydrogens (primary N) is 1. The molecule has 0 aliphatic rings. The van der Waals surface area contributed by atoms with Gasteiger partial charge in [-0.15, -0.1) is 0 Å². The standard InChI is InChI=1S/C13H13N5O2/c1-9-17-12(20-18-9)8-16-13(19)11-5-10(3-2-4-14)6-15-7-11/h5-7H,4,8,14H2,1H3,(H,16,19). The van der Waals surface area contributed by atoms with Crippen molar-refractivity contribution in [3.8, 4) is 11.8 Å². The lowest BCUT2D eigenvalue weighted by Crippen LogP contribution is -2.23. The molecule has 2 heterocycles. The Morgan fingerprint density at radius 3 is 3.05 bits per heavy atom. The van der Waals surface area contributed by atoms with Gasteiger partial charge in [-0.05, 0) is 13.0 Å². The summed E-state index contributed by atoms with van der Waals surface area (Å²) in [6.45, 7) is 2.13. The number of nitrogens with zero attached hydrogens (tertiary/aromatic N) is 3. The van der Waals surface area contributed by atoms with E-state index >= 15 is 0 Å². The molecule has 0 fully saturated rings. The zero-order chi connectivity index (χ0) is 14.4. The molecule has 0 radical (unpaired) electrons. The van der Waals surface area contributed by atoms with E-state index in [1.54, 1.807) is 19.2 Å². The number of amides is 1. The van der Waals surface area contributed by atoms with Crippen molar-refractivity contribution in [2.24, 2.45) is 5.73 Å². The Morgan fingerprint density at radius 1 is 1.50 bits per heavy atom. The number of aromatic nitrogens is 3. The van der Waals surface area contributed by atoms with E-state index in [2.05, 4.69) is 32.3 Å². The van der Waals surface area contributed by atoms with Crippen LogP contribution in [0.25, 0.3) is 0 Å². The Hall–Kier alpha value is -2.72. The van der Waals surface area contributed by atoms with Crippen molar-refractivity contribution in [2.45, 2.75) is 13.5 Å². The third kappa shape index (κ3) is 3.63. The molecule has 0 aliphatic carbocycles. The monoisotopic (exact) mass is 271 g/mol. The lowest BCUT2D eigenvalue weighted by molar-refractivity contribution is 0.0946. The van der Waals surface area contributed by atoms with Crippen molar-refractivity contribution in [1.29, 1.82) is 0 Å². The maximum Gasteiger partial charge on any atom is 0.253 e. The minimum Gasteiger partial charge on any atom is -0.343 e. The summed E-state index contributed by atoms with van der Waals surface area (Å²) < 4.78 is 4.90. The average molecular weight is 271 g/mol. The van der Waals surface area contributed by atoms with E-state index in [1.807, 2.05) is 0 Å². The van der Waals surface area contributed by atoms with Crippen LogP contribution in [-0.4, -0.2) is 27.6 Å². The quantitative estimate of drug-likeness (QED) is 0.762. The molecule has 20 heavy (non-hydrogen) atoms. The van der Waals surface area contributed by atoms with Crippen LogP contribution in [0.4, 0.5) is 0 Å². The van der Waals surface area contributed by atoms with Crippen LogP contribution in [0.1, 0.15) is 27.6 Å². The first-order valence-corrected chi connectivity index (χ1v) is 5.90. The molecule has 0 unspecified atom stereocenters. The third-order valence-electron chi connectivity index (χ3n) is 2.31. The van der Waals surface area contributed by atoms with Crippen LogP contribution < -0.4 is 11.1 Å². The van der Waals surface area contributed by atoms with Gasteiger partial charge in [-0.2, -0.15) is 4.98 Å². The molecule has 7 nitrogen and oxygen atoms in total. The summed E-state index contributed by atoms with van der Waals surface area (Å²) in [7, 11) is 0. The van der Waals surface area contributed by atoms with Crippen molar-refractivity contribution in [1.82, 2.24) is 20.4 Å². The van der Waals surface area contributed by atoms with Crippen molar-refractivity contribution in [2.75, 3.05) is 6.54 Å². The first-order valence-electron chi connectivity index (χ1n) is 5.90. The Labute approximate surface area is 115 Å². The molecular weight excluding hydrogens is 258 g/mol. The minimum atomic E-state index is -0.287. The van der Waals surface area contributed by atoms with Crippen LogP contribution in [0.5, 0.6) is 0 Å². The van der Waals surface area contributed by atoms with E-state index in [1.165, 1.54) is 6.20 Å². The summed E-state index contributed by atoms with van der Waals surface area (Å²) in [5.74, 6) is 6.11. The average Bonchev–Trinajstić information content (AvgIpc) is 2.88. The van der Waals surface area contributed by atoms with E-state index in [0.717, 1.165) is 0 Å². The third-order valence-corrected chi connectivity index (χ3v) is 2.31. The van der Waals surface area contributed by atoms with Crippen LogP contribution in [-0.2, 0) is 6.54 Å². The predicted octanol–water partition coefficient (Wildman–Crippen LogP) is 0.0132. The molecule has 0 aliphatic heterocycles. The number of nitrogens with one attached hydrogen (secondary N) is 1.